The third-order valence-corrected chi connectivity index (χ3v) is 1.74. The monoisotopic (exact) mass is 413 g/mol. The van der Waals surface area contributed by atoms with Gasteiger partial charge in [-0.3, -0.25) is 0 Å². The van der Waals surface area contributed by atoms with Crippen LogP contribution in [0.2, 0.25) is 0 Å². The molecule has 117 valence electrons. The molecule has 0 heterocycles. The van der Waals surface area contributed by atoms with Gasteiger partial charge in [0.2, 0.25) is 10.8 Å². The first-order chi connectivity index (χ1) is 9.86. The Morgan fingerprint density at radius 1 is 0.619 bits per heavy atom. The molecule has 0 bridgehead atoms. The van der Waals surface area contributed by atoms with Crippen LogP contribution in [-0.4, -0.2) is 0 Å². The number of nitrogens with zero attached hydrogens (tertiary/aromatic N) is 4. The van der Waals surface area contributed by atoms with Gasteiger partial charge in [-0.15, -0.1) is 0 Å². The molecule has 0 unspecified atom stereocenters. The summed E-state index contributed by atoms with van der Waals surface area (Å²) < 4.78 is 0. The summed E-state index contributed by atoms with van der Waals surface area (Å²) in [6, 6.07) is 17.9. The molecule has 0 radical (unpaired) electrons. The summed E-state index contributed by atoms with van der Waals surface area (Å²) >= 11 is 0. The number of rotatable bonds is 0. The molecule has 0 aliphatic rings. The van der Waals surface area contributed by atoms with Crippen LogP contribution in [0.15, 0.2) is 60.7 Å². The molecule has 2 aromatic carbocycles. The van der Waals surface area contributed by atoms with Gasteiger partial charge in [-0.25, -0.2) is 0 Å². The van der Waals surface area contributed by atoms with Gasteiger partial charge in [-0.05, 0) is 0 Å². The Morgan fingerprint density at radius 3 is 1.00 bits per heavy atom. The van der Waals surface area contributed by atoms with Crippen LogP contribution < -0.4 is 0 Å². The van der Waals surface area contributed by atoms with Gasteiger partial charge in [0.1, 0.15) is 0 Å². The Labute approximate surface area is 142 Å². The summed E-state index contributed by atoms with van der Waals surface area (Å²) in [5.74, 6) is 0. The van der Waals surface area contributed by atoms with Crippen LogP contribution in [0.1, 0.15) is 0 Å². The molecule has 2 aromatic rings. The first-order valence-electron chi connectivity index (χ1n) is 5.12. The van der Waals surface area contributed by atoms with Crippen molar-refractivity contribution in [3.63, 3.8) is 0 Å². The second-order valence-corrected chi connectivity index (χ2v) is 12.5. The summed E-state index contributed by atoms with van der Waals surface area (Å²) in [6.07, 6.45) is 0. The van der Waals surface area contributed by atoms with Gasteiger partial charge >= 0.3 is 61.0 Å². The van der Waals surface area contributed by atoms with Gasteiger partial charge in [0.25, 0.3) is 0 Å². The van der Waals surface area contributed by atoms with Crippen LogP contribution in [0.3, 0.4) is 0 Å². The molecule has 0 N–H and O–H groups in total. The van der Waals surface area contributed by atoms with Crippen molar-refractivity contribution in [3.05, 3.63) is 70.6 Å². The molecule has 0 atom stereocenters. The van der Waals surface area contributed by atoms with E-state index in [1.54, 1.807) is 24.3 Å². The fraction of sp³-hybridized carbons (Fsp3) is 0. The van der Waals surface area contributed by atoms with E-state index < -0.39 is 9.20 Å². The third kappa shape index (κ3) is 15.2. The standard InChI is InChI=1S/2C6H5N2.4ClH.Cu/c2*7-8-6-4-2-1-3-5-6;;;;;/h2*1-5H;4*1H;/q2*+1;;;;;+2/p-4. The van der Waals surface area contributed by atoms with E-state index in [4.69, 9.17) is 51.2 Å². The molecule has 0 aliphatic heterocycles. The molecule has 0 aliphatic carbocycles. The summed E-state index contributed by atoms with van der Waals surface area (Å²) in [5, 5.41) is 16.3. The zero-order valence-electron chi connectivity index (χ0n) is 10.4. The number of hydrogen-bond acceptors (Lipinski definition) is 2. The van der Waals surface area contributed by atoms with Crippen molar-refractivity contribution >= 4 is 51.8 Å². The summed E-state index contributed by atoms with van der Waals surface area (Å²) in [5.41, 5.74) is 1.18. The molecule has 21 heavy (non-hydrogen) atoms. The molecule has 0 aromatic heterocycles. The first kappa shape index (κ1) is 20.0. The van der Waals surface area contributed by atoms with Crippen molar-refractivity contribution in [2.75, 3.05) is 0 Å². The van der Waals surface area contributed by atoms with Crippen LogP contribution in [-0.2, 0) is 9.20 Å². The molecule has 0 saturated carbocycles. The van der Waals surface area contributed by atoms with Crippen molar-refractivity contribution in [1.82, 2.24) is 0 Å². The van der Waals surface area contributed by atoms with Gasteiger partial charge in [0.15, 0.2) is 9.95 Å². The van der Waals surface area contributed by atoms with Gasteiger partial charge in [-0.2, -0.15) is 0 Å². The molecule has 0 spiro atoms. The predicted octanol–water partition coefficient (Wildman–Crippen LogP) is 7.10. The van der Waals surface area contributed by atoms with E-state index >= 15 is 0 Å². The van der Waals surface area contributed by atoms with Crippen molar-refractivity contribution < 1.29 is 9.20 Å². The Balaban J connectivity index is 0.000000296. The minimum absolute atomic E-state index is 0.590. The number of diazo groups is 2. The third-order valence-electron chi connectivity index (χ3n) is 1.74. The Bertz CT molecular complexity index is 535. The minimum atomic E-state index is -2.24. The van der Waals surface area contributed by atoms with E-state index in [-0.39, 0.29) is 0 Å². The van der Waals surface area contributed by atoms with Crippen molar-refractivity contribution in [2.45, 2.75) is 0 Å². The molecule has 0 saturated heterocycles. The first-order valence-corrected chi connectivity index (χ1v) is 10.3. The van der Waals surface area contributed by atoms with E-state index in [9.17, 15) is 0 Å². The van der Waals surface area contributed by atoms with Gasteiger partial charge in [0, 0.05) is 24.3 Å². The van der Waals surface area contributed by atoms with Crippen molar-refractivity contribution in [2.24, 2.45) is 0 Å². The maximum atomic E-state index is 8.16. The van der Waals surface area contributed by atoms with Gasteiger partial charge < -0.3 is 0 Å². The Hall–Kier alpha value is -1.04. The van der Waals surface area contributed by atoms with E-state index in [0.717, 1.165) is 0 Å². The molecule has 0 fully saturated rings. The van der Waals surface area contributed by atoms with Crippen LogP contribution >= 0.6 is 40.4 Å². The fourth-order valence-electron chi connectivity index (χ4n) is 0.989. The summed E-state index contributed by atoms with van der Waals surface area (Å²) in [7, 11) is 17.4. The van der Waals surface area contributed by atoms with Crippen LogP contribution in [0, 0.1) is 10.8 Å². The van der Waals surface area contributed by atoms with E-state index in [1.165, 1.54) is 0 Å². The Morgan fingerprint density at radius 2 is 0.857 bits per heavy atom. The molecule has 0 amide bonds. The zero-order valence-corrected chi connectivity index (χ0v) is 14.3. The quantitative estimate of drug-likeness (QED) is 0.340. The van der Waals surface area contributed by atoms with Gasteiger partial charge in [0.05, 0.1) is 0 Å². The number of hydrogen-bond donors (Lipinski definition) is 0. The van der Waals surface area contributed by atoms with Crippen LogP contribution in [0.5, 0.6) is 0 Å². The molecule has 4 nitrogen and oxygen atoms in total. The Kier molecular flexibility index (Phi) is 11.0. The van der Waals surface area contributed by atoms with Crippen LogP contribution in [0.4, 0.5) is 11.4 Å². The number of benzene rings is 2. The second-order valence-electron chi connectivity index (χ2n) is 3.13. The van der Waals surface area contributed by atoms with Crippen molar-refractivity contribution in [1.29, 1.82) is 10.8 Å². The molecular weight excluding hydrogens is 406 g/mol. The topological polar surface area (TPSA) is 56.3 Å². The zero-order chi connectivity index (χ0) is 16.1. The number of halogens is 4. The van der Waals surface area contributed by atoms with E-state index in [1.807, 2.05) is 36.4 Å². The molecular formula is C12H10Cl4CuN4. The maximum absolute atomic E-state index is 8.16. The van der Waals surface area contributed by atoms with E-state index in [2.05, 4.69) is 9.95 Å². The van der Waals surface area contributed by atoms with E-state index in [0.29, 0.717) is 11.4 Å². The van der Waals surface area contributed by atoms with Crippen LogP contribution in [0.25, 0.3) is 9.95 Å². The average molecular weight is 416 g/mol. The summed E-state index contributed by atoms with van der Waals surface area (Å²) in [4.78, 5) is 5.94. The summed E-state index contributed by atoms with van der Waals surface area (Å²) in [6.45, 7) is 0. The fourth-order valence-corrected chi connectivity index (χ4v) is 0.989. The SMILES string of the molecule is N#[N+]c1ccccc1.N#[N+]c1ccccc1.[Cl][Cu-2]([Cl])([Cl])[Cl]. The predicted molar refractivity (Wildman–Crippen MR) is 85.8 cm³/mol. The average Bonchev–Trinajstić information content (AvgIpc) is 2.48. The molecule has 9 heteroatoms. The molecule has 2 rings (SSSR count). The van der Waals surface area contributed by atoms with Crippen molar-refractivity contribution in [3.8, 4) is 0 Å². The second kappa shape index (κ2) is 11.6. The normalized spacial score (nSPS) is 9.62. The van der Waals surface area contributed by atoms with Gasteiger partial charge in [-0.1, -0.05) is 36.4 Å².